The number of amides is 1. The van der Waals surface area contributed by atoms with Crippen molar-refractivity contribution in [3.8, 4) is 0 Å². The van der Waals surface area contributed by atoms with Gasteiger partial charge >= 0.3 is 6.01 Å². The van der Waals surface area contributed by atoms with Crippen LogP contribution in [0.4, 0.5) is 6.01 Å². The summed E-state index contributed by atoms with van der Waals surface area (Å²) < 4.78 is 5.46. The Morgan fingerprint density at radius 2 is 1.92 bits per heavy atom. The fourth-order valence-corrected chi connectivity index (χ4v) is 2.81. The Kier molecular flexibility index (Phi) is 3.49. The molecular formula is C18H16N4O2. The Balaban J connectivity index is 1.42. The third-order valence-electron chi connectivity index (χ3n) is 4.10. The Hall–Kier alpha value is -3.15. The van der Waals surface area contributed by atoms with Crippen LogP contribution in [0.3, 0.4) is 0 Å². The first-order valence-corrected chi connectivity index (χ1v) is 7.76. The molecule has 1 fully saturated rings. The van der Waals surface area contributed by atoms with Crippen molar-refractivity contribution in [3.63, 3.8) is 0 Å². The Labute approximate surface area is 138 Å². The molecule has 2 aromatic carbocycles. The molecule has 3 N–H and O–H groups in total. The molecule has 1 heterocycles. The molecule has 4 rings (SSSR count). The molecule has 1 unspecified atom stereocenters. The lowest BCUT2D eigenvalue weighted by atomic mass is 10.1. The molecule has 0 aliphatic heterocycles. The van der Waals surface area contributed by atoms with Crippen LogP contribution in [0.15, 0.2) is 64.0 Å². The van der Waals surface area contributed by atoms with Gasteiger partial charge in [-0.3, -0.25) is 10.1 Å². The number of rotatable bonds is 3. The number of aromatic nitrogens is 1. The van der Waals surface area contributed by atoms with Crippen LogP contribution in [0.2, 0.25) is 0 Å². The predicted molar refractivity (Wildman–Crippen MR) is 90.7 cm³/mol. The number of oxazole rings is 1. The van der Waals surface area contributed by atoms with E-state index in [9.17, 15) is 4.79 Å². The molecule has 1 amide bonds. The minimum atomic E-state index is -0.124. The smallest absolute Gasteiger partial charge is 0.325 e. The van der Waals surface area contributed by atoms with Gasteiger partial charge in [-0.05, 0) is 30.0 Å². The van der Waals surface area contributed by atoms with E-state index in [1.54, 1.807) is 6.07 Å². The van der Waals surface area contributed by atoms with Crippen LogP contribution < -0.4 is 11.1 Å². The highest BCUT2D eigenvalue weighted by atomic mass is 16.4. The van der Waals surface area contributed by atoms with Crippen molar-refractivity contribution in [2.45, 2.75) is 12.3 Å². The van der Waals surface area contributed by atoms with Gasteiger partial charge in [0.05, 0.1) is 0 Å². The summed E-state index contributed by atoms with van der Waals surface area (Å²) in [6.45, 7) is 0. The second-order valence-electron chi connectivity index (χ2n) is 5.81. The fourth-order valence-electron chi connectivity index (χ4n) is 2.81. The molecule has 6 nitrogen and oxygen atoms in total. The average molecular weight is 320 g/mol. The van der Waals surface area contributed by atoms with Crippen molar-refractivity contribution < 1.29 is 9.21 Å². The standard InChI is InChI=1S/C18H16N4O2/c19-17(22-18-20-14-8-4-5-9-15(14)24-18)21-16(23)13-10-12(13)11-6-2-1-3-7-11/h1-9,12-13H,10H2,(H3,19,20,21,22,23)/t12?,13-/m0/s1. The molecule has 1 saturated carbocycles. The van der Waals surface area contributed by atoms with Gasteiger partial charge in [0.25, 0.3) is 0 Å². The van der Waals surface area contributed by atoms with Crippen molar-refractivity contribution in [1.29, 1.82) is 0 Å². The SMILES string of the molecule is NC(=Nc1nc2ccccc2o1)NC(=O)[C@H]1CC1c1ccccc1. The number of hydrogen-bond donors (Lipinski definition) is 2. The molecule has 0 spiro atoms. The van der Waals surface area contributed by atoms with Gasteiger partial charge in [0.2, 0.25) is 11.9 Å². The number of nitrogens with zero attached hydrogens (tertiary/aromatic N) is 2. The second kappa shape index (κ2) is 5.81. The highest BCUT2D eigenvalue weighted by Crippen LogP contribution is 2.47. The lowest BCUT2D eigenvalue weighted by Crippen LogP contribution is -2.37. The molecule has 0 radical (unpaired) electrons. The highest BCUT2D eigenvalue weighted by molar-refractivity contribution is 5.99. The zero-order valence-electron chi connectivity index (χ0n) is 12.8. The molecule has 3 aromatic rings. The van der Waals surface area contributed by atoms with E-state index >= 15 is 0 Å². The van der Waals surface area contributed by atoms with E-state index in [1.807, 2.05) is 48.5 Å². The van der Waals surface area contributed by atoms with E-state index in [0.29, 0.717) is 11.1 Å². The van der Waals surface area contributed by atoms with Gasteiger partial charge in [0.15, 0.2) is 5.58 Å². The predicted octanol–water partition coefficient (Wildman–Crippen LogP) is 2.69. The second-order valence-corrected chi connectivity index (χ2v) is 5.81. The molecule has 1 aliphatic carbocycles. The van der Waals surface area contributed by atoms with Gasteiger partial charge in [-0.15, -0.1) is 0 Å². The summed E-state index contributed by atoms with van der Waals surface area (Å²) in [6.07, 6.45) is 0.825. The molecule has 0 bridgehead atoms. The fraction of sp³-hybridized carbons (Fsp3) is 0.167. The van der Waals surface area contributed by atoms with Crippen molar-refractivity contribution >= 4 is 29.0 Å². The number of nitrogens with two attached hydrogens (primary N) is 1. The molecule has 6 heteroatoms. The van der Waals surface area contributed by atoms with E-state index in [4.69, 9.17) is 10.2 Å². The third-order valence-corrected chi connectivity index (χ3v) is 4.10. The minimum Gasteiger partial charge on any atom is -0.422 e. The van der Waals surface area contributed by atoms with Gasteiger partial charge in [-0.2, -0.15) is 9.98 Å². The topological polar surface area (TPSA) is 93.5 Å². The number of hydrogen-bond acceptors (Lipinski definition) is 4. The maximum atomic E-state index is 12.2. The van der Waals surface area contributed by atoms with Gasteiger partial charge in [0.1, 0.15) is 5.52 Å². The summed E-state index contributed by atoms with van der Waals surface area (Å²) in [5.41, 5.74) is 8.29. The van der Waals surface area contributed by atoms with E-state index < -0.39 is 0 Å². The Morgan fingerprint density at radius 3 is 2.71 bits per heavy atom. The maximum Gasteiger partial charge on any atom is 0.325 e. The zero-order valence-corrected chi connectivity index (χ0v) is 12.8. The lowest BCUT2D eigenvalue weighted by molar-refractivity contribution is -0.121. The number of para-hydroxylation sites is 2. The highest BCUT2D eigenvalue weighted by Gasteiger charge is 2.44. The molecule has 2 atom stereocenters. The van der Waals surface area contributed by atoms with Gasteiger partial charge in [0, 0.05) is 5.92 Å². The van der Waals surface area contributed by atoms with Gasteiger partial charge in [-0.1, -0.05) is 42.5 Å². The summed E-state index contributed by atoms with van der Waals surface area (Å²) in [5, 5.41) is 2.62. The monoisotopic (exact) mass is 320 g/mol. The summed E-state index contributed by atoms with van der Waals surface area (Å²) in [6, 6.07) is 17.4. The molecular weight excluding hydrogens is 304 g/mol. The number of fused-ring (bicyclic) bond motifs is 1. The van der Waals surface area contributed by atoms with E-state index in [2.05, 4.69) is 15.3 Å². The number of aliphatic imine (C=N–C) groups is 1. The summed E-state index contributed by atoms with van der Waals surface area (Å²) >= 11 is 0. The first kappa shape index (κ1) is 14.4. The Bertz CT molecular complexity index is 884. The lowest BCUT2D eigenvalue weighted by Gasteiger charge is -2.03. The largest absolute Gasteiger partial charge is 0.422 e. The first-order chi connectivity index (χ1) is 11.7. The quantitative estimate of drug-likeness (QED) is 0.573. The van der Waals surface area contributed by atoms with Crippen LogP contribution in [0.1, 0.15) is 17.9 Å². The van der Waals surface area contributed by atoms with Gasteiger partial charge in [-0.25, -0.2) is 0 Å². The average Bonchev–Trinajstić information content (AvgIpc) is 3.29. The van der Waals surface area contributed by atoms with Crippen LogP contribution in [0.25, 0.3) is 11.1 Å². The van der Waals surface area contributed by atoms with Crippen LogP contribution in [-0.4, -0.2) is 16.9 Å². The third kappa shape index (κ3) is 2.86. The first-order valence-electron chi connectivity index (χ1n) is 7.76. The van der Waals surface area contributed by atoms with Crippen LogP contribution in [0, 0.1) is 5.92 Å². The maximum absolute atomic E-state index is 12.2. The van der Waals surface area contributed by atoms with Crippen LogP contribution in [-0.2, 0) is 4.79 Å². The molecule has 120 valence electrons. The van der Waals surface area contributed by atoms with Crippen molar-refractivity contribution in [3.05, 3.63) is 60.2 Å². The number of carbonyl (C=O) groups is 1. The van der Waals surface area contributed by atoms with Gasteiger partial charge < -0.3 is 10.2 Å². The molecule has 24 heavy (non-hydrogen) atoms. The summed E-state index contributed by atoms with van der Waals surface area (Å²) in [4.78, 5) is 20.5. The molecule has 0 saturated heterocycles. The van der Waals surface area contributed by atoms with Crippen molar-refractivity contribution in [1.82, 2.24) is 10.3 Å². The minimum absolute atomic E-state index is 0.00901. The Morgan fingerprint density at radius 1 is 1.17 bits per heavy atom. The number of guanidine groups is 1. The number of benzene rings is 2. The van der Waals surface area contributed by atoms with Crippen molar-refractivity contribution in [2.75, 3.05) is 0 Å². The number of carbonyl (C=O) groups excluding carboxylic acids is 1. The number of nitrogens with one attached hydrogen (secondary N) is 1. The molecule has 1 aromatic heterocycles. The van der Waals surface area contributed by atoms with Crippen molar-refractivity contribution in [2.24, 2.45) is 16.6 Å². The van der Waals surface area contributed by atoms with E-state index in [-0.39, 0.29) is 29.7 Å². The van der Waals surface area contributed by atoms with E-state index in [1.165, 1.54) is 5.56 Å². The zero-order chi connectivity index (χ0) is 16.5. The summed E-state index contributed by atoms with van der Waals surface area (Å²) in [5.74, 6) is 0.0552. The normalized spacial score (nSPS) is 20.1. The summed E-state index contributed by atoms with van der Waals surface area (Å²) in [7, 11) is 0. The molecule has 1 aliphatic rings. The van der Waals surface area contributed by atoms with Crippen LogP contribution in [0.5, 0.6) is 0 Å². The van der Waals surface area contributed by atoms with Crippen LogP contribution >= 0.6 is 0 Å². The van der Waals surface area contributed by atoms with E-state index in [0.717, 1.165) is 6.42 Å².